The van der Waals surface area contributed by atoms with Gasteiger partial charge in [0.05, 0.1) is 6.61 Å². The van der Waals surface area contributed by atoms with E-state index in [0.29, 0.717) is 0 Å². The number of hydrogen-bond acceptors (Lipinski definition) is 1. The van der Waals surface area contributed by atoms with E-state index in [4.69, 9.17) is 4.74 Å². The molecule has 0 amide bonds. The lowest BCUT2D eigenvalue weighted by Crippen LogP contribution is -1.97. The number of hydrogen-bond donors (Lipinski definition) is 0. The van der Waals surface area contributed by atoms with Gasteiger partial charge in [0.25, 0.3) is 0 Å². The van der Waals surface area contributed by atoms with E-state index in [0.717, 1.165) is 28.6 Å². The molecule has 0 N–H and O–H groups in total. The Balaban J connectivity index is 2.10. The fraction of sp³-hybridized carbons (Fsp3) is 0.500. The summed E-state index contributed by atoms with van der Waals surface area (Å²) in [5.74, 6) is 0.918. The highest BCUT2D eigenvalue weighted by atomic mass is 79.9. The van der Waals surface area contributed by atoms with Crippen molar-refractivity contribution in [3.05, 3.63) is 28.7 Å². The first-order chi connectivity index (χ1) is 7.33. The van der Waals surface area contributed by atoms with Crippen molar-refractivity contribution in [3.8, 4) is 5.75 Å². The second-order valence-electron chi connectivity index (χ2n) is 3.32. The molecule has 0 atom stereocenters. The summed E-state index contributed by atoms with van der Waals surface area (Å²) in [7, 11) is 0. The Hall–Kier alpha value is -0.0200. The number of rotatable bonds is 7. The smallest absolute Gasteiger partial charge is 0.120 e. The van der Waals surface area contributed by atoms with Gasteiger partial charge in [-0.1, -0.05) is 44.7 Å². The predicted molar refractivity (Wildman–Crippen MR) is 70.7 cm³/mol. The van der Waals surface area contributed by atoms with Crippen LogP contribution in [0.15, 0.2) is 22.7 Å². The molecule has 0 aliphatic rings. The van der Waals surface area contributed by atoms with Gasteiger partial charge >= 0.3 is 0 Å². The predicted octanol–water partition coefficient (Wildman–Crippen LogP) is 4.58. The summed E-state index contributed by atoms with van der Waals surface area (Å²) in [6, 6.07) is 8.76. The molecule has 83 valence electrons. The maximum atomic E-state index is 5.61. The van der Waals surface area contributed by atoms with Crippen molar-refractivity contribution in [1.82, 2.24) is 0 Å². The normalized spacial score (nSPS) is 10.3. The number of alkyl halides is 1. The third-order valence-electron chi connectivity index (χ3n) is 2.03. The van der Waals surface area contributed by atoms with Crippen LogP contribution in [-0.2, 0) is 0 Å². The van der Waals surface area contributed by atoms with Crippen LogP contribution in [0.2, 0.25) is 0 Å². The quantitative estimate of drug-likeness (QED) is 0.523. The van der Waals surface area contributed by atoms with Crippen LogP contribution in [0.5, 0.6) is 5.75 Å². The van der Waals surface area contributed by atoms with E-state index in [2.05, 4.69) is 37.9 Å². The highest BCUT2D eigenvalue weighted by Crippen LogP contribution is 2.17. The molecule has 0 aromatic heterocycles. The van der Waals surface area contributed by atoms with Gasteiger partial charge in [-0.2, -0.15) is 0 Å². The minimum absolute atomic E-state index is 0.804. The molecule has 0 fully saturated rings. The zero-order chi connectivity index (χ0) is 10.9. The molecule has 1 nitrogen and oxygen atoms in total. The van der Waals surface area contributed by atoms with Crippen molar-refractivity contribution in [3.63, 3.8) is 0 Å². The second kappa shape index (κ2) is 8.17. The molecule has 0 spiro atoms. The fourth-order valence-electron chi connectivity index (χ4n) is 1.25. The van der Waals surface area contributed by atoms with Gasteiger partial charge < -0.3 is 4.74 Å². The third-order valence-corrected chi connectivity index (χ3v) is 3.05. The zero-order valence-electron chi connectivity index (χ0n) is 8.64. The van der Waals surface area contributed by atoms with E-state index in [-0.39, 0.29) is 0 Å². The zero-order valence-corrected chi connectivity index (χ0v) is 11.8. The van der Waals surface area contributed by atoms with E-state index in [9.17, 15) is 0 Å². The molecule has 15 heavy (non-hydrogen) atoms. The van der Waals surface area contributed by atoms with Gasteiger partial charge in [-0.05, 0) is 37.1 Å². The Morgan fingerprint density at radius 2 is 2.00 bits per heavy atom. The molecule has 1 radical (unpaired) electrons. The van der Waals surface area contributed by atoms with Gasteiger partial charge in [-0.3, -0.25) is 0 Å². The average Bonchev–Trinajstić information content (AvgIpc) is 2.23. The van der Waals surface area contributed by atoms with Crippen LogP contribution in [0.4, 0.5) is 0 Å². The summed E-state index contributed by atoms with van der Waals surface area (Å²) in [5.41, 5.74) is 0. The largest absolute Gasteiger partial charge is 0.494 e. The monoisotopic (exact) mass is 333 g/mol. The highest BCUT2D eigenvalue weighted by molar-refractivity contribution is 9.10. The van der Waals surface area contributed by atoms with Crippen molar-refractivity contribution < 1.29 is 4.74 Å². The van der Waals surface area contributed by atoms with E-state index < -0.39 is 0 Å². The van der Waals surface area contributed by atoms with Crippen LogP contribution in [0, 0.1) is 6.07 Å². The van der Waals surface area contributed by atoms with Crippen LogP contribution in [-0.4, -0.2) is 11.9 Å². The minimum atomic E-state index is 0.804. The van der Waals surface area contributed by atoms with Crippen molar-refractivity contribution >= 4 is 31.9 Å². The van der Waals surface area contributed by atoms with Crippen LogP contribution < -0.4 is 4.74 Å². The molecule has 0 unspecified atom stereocenters. The Morgan fingerprint density at radius 3 is 2.73 bits per heavy atom. The first kappa shape index (κ1) is 13.0. The number of benzene rings is 1. The maximum absolute atomic E-state index is 5.61. The summed E-state index contributed by atoms with van der Waals surface area (Å²) >= 11 is 6.79. The SMILES string of the molecule is BrCCCCCCOc1cc[c]c(Br)c1. The Kier molecular flexibility index (Phi) is 7.11. The van der Waals surface area contributed by atoms with E-state index >= 15 is 0 Å². The van der Waals surface area contributed by atoms with Gasteiger partial charge in [-0.15, -0.1) is 0 Å². The minimum Gasteiger partial charge on any atom is -0.494 e. The van der Waals surface area contributed by atoms with Crippen LogP contribution in [0.1, 0.15) is 25.7 Å². The number of unbranched alkanes of at least 4 members (excludes halogenated alkanes) is 3. The van der Waals surface area contributed by atoms with E-state index in [1.165, 1.54) is 19.3 Å². The molecule has 3 heteroatoms. The van der Waals surface area contributed by atoms with Gasteiger partial charge in [0, 0.05) is 9.80 Å². The topological polar surface area (TPSA) is 9.23 Å². The lowest BCUT2D eigenvalue weighted by atomic mass is 10.2. The first-order valence-electron chi connectivity index (χ1n) is 5.19. The molecule has 0 aliphatic heterocycles. The first-order valence-corrected chi connectivity index (χ1v) is 7.10. The van der Waals surface area contributed by atoms with Crippen LogP contribution in [0.3, 0.4) is 0 Å². The Bertz CT molecular complexity index is 276. The lowest BCUT2D eigenvalue weighted by molar-refractivity contribution is 0.305. The molecule has 0 heterocycles. The Morgan fingerprint density at radius 1 is 1.20 bits per heavy atom. The standard InChI is InChI=1S/C12H15Br2O/c13-8-3-1-2-4-9-15-12-7-5-6-11(14)10-12/h5,7,10H,1-4,8-9H2. The molecular formula is C12H15Br2O. The van der Waals surface area contributed by atoms with E-state index in [1.54, 1.807) is 0 Å². The third kappa shape index (κ3) is 6.21. The molecule has 1 aromatic carbocycles. The molecule has 0 aliphatic carbocycles. The van der Waals surface area contributed by atoms with Crippen molar-refractivity contribution in [2.45, 2.75) is 25.7 Å². The number of halogens is 2. The number of ether oxygens (including phenoxy) is 1. The summed E-state index contributed by atoms with van der Waals surface area (Å²) in [5, 5.41) is 1.11. The molecular weight excluding hydrogens is 320 g/mol. The molecule has 0 saturated heterocycles. The van der Waals surface area contributed by atoms with Crippen molar-refractivity contribution in [2.75, 3.05) is 11.9 Å². The highest BCUT2D eigenvalue weighted by Gasteiger charge is 1.95. The van der Waals surface area contributed by atoms with Gasteiger partial charge in [0.1, 0.15) is 5.75 Å². The van der Waals surface area contributed by atoms with Crippen LogP contribution >= 0.6 is 31.9 Å². The van der Waals surface area contributed by atoms with Crippen LogP contribution in [0.25, 0.3) is 0 Å². The summed E-state index contributed by atoms with van der Waals surface area (Å²) in [4.78, 5) is 0. The molecule has 0 saturated carbocycles. The lowest BCUT2D eigenvalue weighted by Gasteiger charge is -2.05. The van der Waals surface area contributed by atoms with Crippen molar-refractivity contribution in [2.24, 2.45) is 0 Å². The maximum Gasteiger partial charge on any atom is 0.120 e. The molecule has 1 aromatic rings. The average molecular weight is 335 g/mol. The second-order valence-corrected chi connectivity index (χ2v) is 4.97. The van der Waals surface area contributed by atoms with Gasteiger partial charge in [0.2, 0.25) is 0 Å². The molecule has 1 rings (SSSR count). The fourth-order valence-corrected chi connectivity index (χ4v) is 2.00. The van der Waals surface area contributed by atoms with Crippen molar-refractivity contribution in [1.29, 1.82) is 0 Å². The molecule has 0 bridgehead atoms. The Labute approximate surface area is 108 Å². The summed E-state index contributed by atoms with van der Waals surface area (Å²) < 4.78 is 6.55. The van der Waals surface area contributed by atoms with Gasteiger partial charge in [0.15, 0.2) is 0 Å². The summed E-state index contributed by atoms with van der Waals surface area (Å²) in [6.45, 7) is 0.804. The van der Waals surface area contributed by atoms with Gasteiger partial charge in [-0.25, -0.2) is 0 Å². The van der Waals surface area contributed by atoms with E-state index in [1.807, 2.05) is 18.2 Å². The summed E-state index contributed by atoms with van der Waals surface area (Å²) in [6.07, 6.45) is 4.90.